The van der Waals surface area contributed by atoms with Gasteiger partial charge in [-0.1, -0.05) is 20.8 Å². The number of aliphatic hydroxyl groups is 2. The lowest BCUT2D eigenvalue weighted by molar-refractivity contribution is -0.162. The number of epoxide rings is 1. The normalized spacial score (nSPS) is 53.1. The molecule has 8 heteroatoms. The van der Waals surface area contributed by atoms with Gasteiger partial charge in [0.15, 0.2) is 0 Å². The van der Waals surface area contributed by atoms with Gasteiger partial charge in [-0.2, -0.15) is 0 Å². The smallest absolute Gasteiger partial charge is 0.302 e. The lowest BCUT2D eigenvalue weighted by Gasteiger charge is -2.53. The first-order valence-electron chi connectivity index (χ1n) is 15.3. The monoisotopic (exact) mass is 545 g/mol. The van der Waals surface area contributed by atoms with E-state index in [1.165, 1.54) is 6.92 Å². The molecule has 4 saturated carbocycles. The van der Waals surface area contributed by atoms with E-state index in [4.69, 9.17) is 9.47 Å². The first-order chi connectivity index (χ1) is 18.2. The van der Waals surface area contributed by atoms with Gasteiger partial charge in [-0.3, -0.25) is 14.4 Å². The van der Waals surface area contributed by atoms with Gasteiger partial charge < -0.3 is 24.6 Å². The molecule has 0 aromatic heterocycles. The molecule has 4 aliphatic carbocycles. The summed E-state index contributed by atoms with van der Waals surface area (Å²) in [5.74, 6) is 0.442. The van der Waals surface area contributed by atoms with Crippen molar-refractivity contribution in [3.63, 3.8) is 0 Å². The van der Waals surface area contributed by atoms with Crippen LogP contribution in [0.2, 0.25) is 0 Å². The number of hydrogen-bond donors (Lipinski definition) is 2. The lowest BCUT2D eigenvalue weighted by atomic mass is 9.51. The second-order valence-corrected chi connectivity index (χ2v) is 14.7. The Kier molecular flexibility index (Phi) is 6.20. The highest BCUT2D eigenvalue weighted by atomic mass is 16.6. The molecule has 1 spiro atoms. The Morgan fingerprint density at radius 3 is 2.51 bits per heavy atom. The standard InChI is InChI=1S/C31H47NO7/c1-16-11-26(36)27(32(15-16)18(3)33)17(2)30(37)10-8-22-21-13-25(35)23-12-20(38-19(4)34)7-9-28(23,5)24(21)14-31(22)29(30,6)39-31/h16-17,20-24,26-27,36-37H,7-15H2,1-6H3. The molecular formula is C31H47NO7. The van der Waals surface area contributed by atoms with Gasteiger partial charge in [-0.05, 0) is 81.0 Å². The Hall–Kier alpha value is -1.51. The number of ketones is 1. The average Bonchev–Trinajstić information content (AvgIpc) is 3.35. The van der Waals surface area contributed by atoms with E-state index >= 15 is 0 Å². The van der Waals surface area contributed by atoms with Crippen molar-refractivity contribution in [2.24, 2.45) is 40.9 Å². The van der Waals surface area contributed by atoms with Gasteiger partial charge in [0.1, 0.15) is 28.7 Å². The maximum atomic E-state index is 13.6. The van der Waals surface area contributed by atoms with E-state index in [2.05, 4.69) is 13.8 Å². The SMILES string of the molecule is CC(=O)OC1CCC2(C)C(C1)C(=O)CC1C2CC23OC2(C)C(O)(C(C)C2C(O)CC(C)CN2C(C)=O)CCC13. The van der Waals surface area contributed by atoms with Crippen LogP contribution in [0, 0.1) is 40.9 Å². The Morgan fingerprint density at radius 2 is 1.85 bits per heavy atom. The van der Waals surface area contributed by atoms with Crippen molar-refractivity contribution in [2.75, 3.05) is 6.54 Å². The third-order valence-electron chi connectivity index (χ3n) is 12.9. The van der Waals surface area contributed by atoms with Gasteiger partial charge in [0.25, 0.3) is 0 Å². The van der Waals surface area contributed by atoms with Crippen LogP contribution in [0.3, 0.4) is 0 Å². The minimum atomic E-state index is -1.19. The van der Waals surface area contributed by atoms with Gasteiger partial charge in [0.05, 0.1) is 12.1 Å². The molecule has 2 N–H and O–H groups in total. The fourth-order valence-electron chi connectivity index (χ4n) is 10.9. The van der Waals surface area contributed by atoms with E-state index in [1.807, 2.05) is 13.8 Å². The van der Waals surface area contributed by atoms with E-state index in [0.29, 0.717) is 43.9 Å². The number of ether oxygens (including phenoxy) is 2. The van der Waals surface area contributed by atoms with Crippen LogP contribution in [0.25, 0.3) is 0 Å². The quantitative estimate of drug-likeness (QED) is 0.413. The van der Waals surface area contributed by atoms with Crippen LogP contribution >= 0.6 is 0 Å². The number of likely N-dealkylation sites (tertiary alicyclic amines) is 1. The van der Waals surface area contributed by atoms with Crippen LogP contribution in [0.5, 0.6) is 0 Å². The van der Waals surface area contributed by atoms with Crippen molar-refractivity contribution >= 4 is 17.7 Å². The van der Waals surface area contributed by atoms with Crippen molar-refractivity contribution in [3.8, 4) is 0 Å². The first-order valence-corrected chi connectivity index (χ1v) is 15.3. The molecule has 6 aliphatic rings. The summed E-state index contributed by atoms with van der Waals surface area (Å²) in [6.45, 7) is 11.9. The molecule has 0 aromatic rings. The van der Waals surface area contributed by atoms with Crippen molar-refractivity contribution in [2.45, 2.75) is 128 Å². The summed E-state index contributed by atoms with van der Waals surface area (Å²) in [5.41, 5.74) is -2.62. The Morgan fingerprint density at radius 1 is 1.13 bits per heavy atom. The van der Waals surface area contributed by atoms with Gasteiger partial charge >= 0.3 is 5.97 Å². The molecule has 6 rings (SSSR count). The highest BCUT2D eigenvalue weighted by molar-refractivity contribution is 5.83. The van der Waals surface area contributed by atoms with Crippen LogP contribution in [0.1, 0.15) is 92.9 Å². The van der Waals surface area contributed by atoms with Crippen LogP contribution < -0.4 is 0 Å². The number of fused-ring (bicyclic) bond motifs is 4. The topological polar surface area (TPSA) is 117 Å². The van der Waals surface area contributed by atoms with Crippen LogP contribution in [-0.2, 0) is 23.9 Å². The maximum absolute atomic E-state index is 13.6. The first kappa shape index (κ1) is 27.6. The fraction of sp³-hybridized carbons (Fsp3) is 0.903. The predicted molar refractivity (Wildman–Crippen MR) is 142 cm³/mol. The van der Waals surface area contributed by atoms with Gasteiger partial charge in [0.2, 0.25) is 5.91 Å². The molecule has 13 unspecified atom stereocenters. The summed E-state index contributed by atoms with van der Waals surface area (Å²) in [6.07, 6.45) is 4.64. The third-order valence-corrected chi connectivity index (χ3v) is 12.9. The molecule has 13 atom stereocenters. The molecule has 1 amide bonds. The van der Waals surface area contributed by atoms with Crippen molar-refractivity contribution in [3.05, 3.63) is 0 Å². The summed E-state index contributed by atoms with van der Waals surface area (Å²) >= 11 is 0. The summed E-state index contributed by atoms with van der Waals surface area (Å²) in [7, 11) is 0. The van der Waals surface area contributed by atoms with Gasteiger partial charge in [-0.25, -0.2) is 0 Å². The lowest BCUT2D eigenvalue weighted by Crippen LogP contribution is -2.65. The Balaban J connectivity index is 1.28. The second kappa shape index (κ2) is 8.75. The molecule has 2 saturated heterocycles. The number of carbonyl (C=O) groups excluding carboxylic acids is 3. The minimum Gasteiger partial charge on any atom is -0.463 e. The van der Waals surface area contributed by atoms with Gasteiger partial charge in [0, 0.05) is 38.6 Å². The van der Waals surface area contributed by atoms with E-state index in [-0.39, 0.29) is 53.0 Å². The zero-order valence-electron chi connectivity index (χ0n) is 24.4. The molecule has 8 nitrogen and oxygen atoms in total. The van der Waals surface area contributed by atoms with Crippen LogP contribution in [0.4, 0.5) is 0 Å². The zero-order valence-corrected chi connectivity index (χ0v) is 24.4. The number of amides is 1. The molecule has 39 heavy (non-hydrogen) atoms. The van der Waals surface area contributed by atoms with Crippen molar-refractivity contribution < 1.29 is 34.1 Å². The van der Waals surface area contributed by atoms with E-state index < -0.39 is 28.9 Å². The number of aliphatic hydroxyl groups excluding tert-OH is 1. The molecule has 2 heterocycles. The molecule has 2 aliphatic heterocycles. The fourth-order valence-corrected chi connectivity index (χ4v) is 10.9. The summed E-state index contributed by atoms with van der Waals surface area (Å²) in [6, 6.07) is -0.456. The van der Waals surface area contributed by atoms with E-state index in [9.17, 15) is 24.6 Å². The van der Waals surface area contributed by atoms with E-state index in [1.54, 1.807) is 11.8 Å². The zero-order chi connectivity index (χ0) is 28.3. The summed E-state index contributed by atoms with van der Waals surface area (Å²) in [4.78, 5) is 39.6. The van der Waals surface area contributed by atoms with E-state index in [0.717, 1.165) is 25.7 Å². The van der Waals surface area contributed by atoms with Gasteiger partial charge in [-0.15, -0.1) is 0 Å². The number of rotatable bonds is 3. The maximum Gasteiger partial charge on any atom is 0.302 e. The van der Waals surface area contributed by atoms with Crippen molar-refractivity contribution in [1.29, 1.82) is 0 Å². The molecule has 0 bridgehead atoms. The summed E-state index contributed by atoms with van der Waals surface area (Å²) < 4.78 is 12.3. The molecule has 0 radical (unpaired) electrons. The van der Waals surface area contributed by atoms with Crippen LogP contribution in [-0.4, -0.2) is 74.4 Å². The molecule has 218 valence electrons. The second-order valence-electron chi connectivity index (χ2n) is 14.7. The average molecular weight is 546 g/mol. The highest BCUT2D eigenvalue weighted by Crippen LogP contribution is 2.77. The number of carbonyl (C=O) groups is 3. The largest absolute Gasteiger partial charge is 0.463 e. The minimum absolute atomic E-state index is 0.0694. The van der Waals surface area contributed by atoms with Crippen molar-refractivity contribution in [1.82, 2.24) is 4.90 Å². The number of hydrogen-bond acceptors (Lipinski definition) is 7. The Labute approximate surface area is 232 Å². The third kappa shape index (κ3) is 3.62. The number of Topliss-reactive ketones (excluding diaryl/α,β-unsaturated/α-hetero) is 1. The van der Waals surface area contributed by atoms with Crippen LogP contribution in [0.15, 0.2) is 0 Å². The molecular weight excluding hydrogens is 498 g/mol. The molecule has 0 aromatic carbocycles. The number of esters is 1. The molecule has 6 fully saturated rings. The predicted octanol–water partition coefficient (Wildman–Crippen LogP) is 3.26. The number of piperidine rings is 1. The Bertz CT molecular complexity index is 1080. The number of nitrogens with zero attached hydrogens (tertiary/aromatic N) is 1. The summed E-state index contributed by atoms with van der Waals surface area (Å²) in [5, 5.41) is 23.7. The highest BCUT2D eigenvalue weighted by Gasteiger charge is 2.85.